The molecule has 1 heterocycles. The Morgan fingerprint density at radius 2 is 1.94 bits per heavy atom. The molecule has 2 aromatic rings. The second kappa shape index (κ2) is 3.94. The Hall–Kier alpha value is -1.29. The summed E-state index contributed by atoms with van der Waals surface area (Å²) in [6.45, 7) is 4.07. The lowest BCUT2D eigenvalue weighted by Crippen LogP contribution is -1.97. The number of nitrogens with zero attached hydrogens (tertiary/aromatic N) is 2. The minimum atomic E-state index is 0.717. The van der Waals surface area contributed by atoms with E-state index in [0.29, 0.717) is 0 Å². The summed E-state index contributed by atoms with van der Waals surface area (Å²) in [6.07, 6.45) is 0. The Kier molecular flexibility index (Phi) is 2.76. The summed E-state index contributed by atoms with van der Waals surface area (Å²) in [6, 6.07) is 6.10. The van der Waals surface area contributed by atoms with Gasteiger partial charge < -0.3 is 5.73 Å². The third-order valence-electron chi connectivity index (χ3n) is 2.86. The Bertz CT molecular complexity index is 543. The second-order valence-corrected chi connectivity index (χ2v) is 4.75. The average molecular weight is 280 g/mol. The van der Waals surface area contributed by atoms with Crippen LogP contribution in [0.5, 0.6) is 0 Å². The molecule has 1 aromatic carbocycles. The van der Waals surface area contributed by atoms with Gasteiger partial charge in [0.15, 0.2) is 0 Å². The largest absolute Gasteiger partial charge is 0.384 e. The zero-order chi connectivity index (χ0) is 11.9. The SMILES string of the molecule is Cc1c(Br)cccc1-c1nn(C)c(N)c1C. The number of nitrogen functional groups attached to an aromatic ring is 1. The molecule has 0 saturated carbocycles. The van der Waals surface area contributed by atoms with Crippen LogP contribution >= 0.6 is 15.9 Å². The second-order valence-electron chi connectivity index (χ2n) is 3.89. The Morgan fingerprint density at radius 1 is 1.25 bits per heavy atom. The van der Waals surface area contributed by atoms with E-state index in [9.17, 15) is 0 Å². The van der Waals surface area contributed by atoms with Crippen molar-refractivity contribution in [3.63, 3.8) is 0 Å². The molecule has 0 saturated heterocycles. The van der Waals surface area contributed by atoms with Gasteiger partial charge in [-0.25, -0.2) is 0 Å². The van der Waals surface area contributed by atoms with Gasteiger partial charge in [-0.1, -0.05) is 28.1 Å². The predicted octanol–water partition coefficient (Wildman–Crippen LogP) is 3.05. The number of nitrogens with two attached hydrogens (primary N) is 1. The summed E-state index contributed by atoms with van der Waals surface area (Å²) in [7, 11) is 1.86. The molecule has 0 radical (unpaired) electrons. The van der Waals surface area contributed by atoms with Crippen LogP contribution in [0.15, 0.2) is 22.7 Å². The van der Waals surface area contributed by atoms with Crippen molar-refractivity contribution < 1.29 is 0 Å². The number of aromatic nitrogens is 2. The molecule has 0 unspecified atom stereocenters. The van der Waals surface area contributed by atoms with Crippen LogP contribution in [0.1, 0.15) is 11.1 Å². The van der Waals surface area contributed by atoms with Gasteiger partial charge >= 0.3 is 0 Å². The fraction of sp³-hybridized carbons (Fsp3) is 0.250. The summed E-state index contributed by atoms with van der Waals surface area (Å²) in [5.41, 5.74) is 10.2. The minimum Gasteiger partial charge on any atom is -0.384 e. The number of benzene rings is 1. The molecule has 0 bridgehead atoms. The monoisotopic (exact) mass is 279 g/mol. The van der Waals surface area contributed by atoms with Gasteiger partial charge in [0, 0.05) is 22.6 Å². The third-order valence-corrected chi connectivity index (χ3v) is 3.72. The number of aryl methyl sites for hydroxylation is 1. The first-order valence-electron chi connectivity index (χ1n) is 5.07. The van der Waals surface area contributed by atoms with Crippen LogP contribution in [0, 0.1) is 13.8 Å². The highest BCUT2D eigenvalue weighted by atomic mass is 79.9. The van der Waals surface area contributed by atoms with E-state index < -0.39 is 0 Å². The first-order valence-corrected chi connectivity index (χ1v) is 5.86. The fourth-order valence-electron chi connectivity index (χ4n) is 1.76. The molecule has 0 aliphatic carbocycles. The number of hydrogen-bond acceptors (Lipinski definition) is 2. The first-order chi connectivity index (χ1) is 7.52. The molecule has 0 spiro atoms. The third kappa shape index (κ3) is 1.63. The van der Waals surface area contributed by atoms with Crippen LogP contribution in [0.25, 0.3) is 11.3 Å². The van der Waals surface area contributed by atoms with Gasteiger partial charge in [0.2, 0.25) is 0 Å². The first kappa shape index (κ1) is 11.2. The summed E-state index contributed by atoms with van der Waals surface area (Å²) in [5.74, 6) is 0.717. The van der Waals surface area contributed by atoms with Crippen LogP contribution in [-0.2, 0) is 7.05 Å². The van der Waals surface area contributed by atoms with Crippen LogP contribution in [0.4, 0.5) is 5.82 Å². The Labute approximate surface area is 103 Å². The van der Waals surface area contributed by atoms with Crippen LogP contribution in [-0.4, -0.2) is 9.78 Å². The topological polar surface area (TPSA) is 43.8 Å². The van der Waals surface area contributed by atoms with E-state index in [1.165, 1.54) is 5.56 Å². The van der Waals surface area contributed by atoms with E-state index in [4.69, 9.17) is 5.73 Å². The summed E-state index contributed by atoms with van der Waals surface area (Å²) < 4.78 is 2.80. The fourth-order valence-corrected chi connectivity index (χ4v) is 2.13. The lowest BCUT2D eigenvalue weighted by molar-refractivity contribution is 0.782. The van der Waals surface area contributed by atoms with Crippen molar-refractivity contribution >= 4 is 21.7 Å². The molecule has 4 heteroatoms. The van der Waals surface area contributed by atoms with E-state index in [2.05, 4.69) is 34.0 Å². The standard InChI is InChI=1S/C12H14BrN3/c1-7-9(5-4-6-10(7)13)11-8(2)12(14)16(3)15-11/h4-6H,14H2,1-3H3. The van der Waals surface area contributed by atoms with Crippen molar-refractivity contribution in [2.75, 3.05) is 5.73 Å². The molecule has 0 aliphatic heterocycles. The molecule has 2 rings (SSSR count). The van der Waals surface area contributed by atoms with Gasteiger partial charge in [0.05, 0.1) is 5.69 Å². The van der Waals surface area contributed by atoms with Gasteiger partial charge in [-0.15, -0.1) is 0 Å². The van der Waals surface area contributed by atoms with E-state index >= 15 is 0 Å². The number of hydrogen-bond donors (Lipinski definition) is 1. The molecule has 0 fully saturated rings. The highest BCUT2D eigenvalue weighted by molar-refractivity contribution is 9.10. The van der Waals surface area contributed by atoms with Crippen molar-refractivity contribution in [1.82, 2.24) is 9.78 Å². The highest BCUT2D eigenvalue weighted by Crippen LogP contribution is 2.31. The van der Waals surface area contributed by atoms with Gasteiger partial charge in [0.25, 0.3) is 0 Å². The van der Waals surface area contributed by atoms with Crippen LogP contribution in [0.3, 0.4) is 0 Å². The van der Waals surface area contributed by atoms with Crippen molar-refractivity contribution in [2.24, 2.45) is 7.05 Å². The van der Waals surface area contributed by atoms with E-state index in [1.807, 2.05) is 26.1 Å². The molecule has 1 aromatic heterocycles. The number of anilines is 1. The zero-order valence-electron chi connectivity index (χ0n) is 9.58. The maximum atomic E-state index is 5.92. The summed E-state index contributed by atoms with van der Waals surface area (Å²) in [5, 5.41) is 4.45. The number of halogens is 1. The summed E-state index contributed by atoms with van der Waals surface area (Å²) in [4.78, 5) is 0. The highest BCUT2D eigenvalue weighted by Gasteiger charge is 2.13. The molecule has 0 amide bonds. The van der Waals surface area contributed by atoms with Gasteiger partial charge in [-0.2, -0.15) is 5.10 Å². The van der Waals surface area contributed by atoms with Crippen molar-refractivity contribution in [2.45, 2.75) is 13.8 Å². The van der Waals surface area contributed by atoms with E-state index in [1.54, 1.807) is 4.68 Å². The maximum absolute atomic E-state index is 5.92. The van der Waals surface area contributed by atoms with Crippen molar-refractivity contribution in [1.29, 1.82) is 0 Å². The van der Waals surface area contributed by atoms with Crippen LogP contribution in [0.2, 0.25) is 0 Å². The number of rotatable bonds is 1. The van der Waals surface area contributed by atoms with Gasteiger partial charge in [0.1, 0.15) is 5.82 Å². The average Bonchev–Trinajstić information content (AvgIpc) is 2.50. The zero-order valence-corrected chi connectivity index (χ0v) is 11.2. The molecule has 84 valence electrons. The van der Waals surface area contributed by atoms with Gasteiger partial charge in [-0.3, -0.25) is 4.68 Å². The van der Waals surface area contributed by atoms with E-state index in [-0.39, 0.29) is 0 Å². The molecule has 2 N–H and O–H groups in total. The normalized spacial score (nSPS) is 10.8. The Balaban J connectivity index is 2.68. The lowest BCUT2D eigenvalue weighted by Gasteiger charge is -2.05. The minimum absolute atomic E-state index is 0.717. The molecule has 16 heavy (non-hydrogen) atoms. The maximum Gasteiger partial charge on any atom is 0.124 e. The molecular formula is C12H14BrN3. The molecular weight excluding hydrogens is 266 g/mol. The van der Waals surface area contributed by atoms with Crippen molar-refractivity contribution in [3.8, 4) is 11.3 Å². The van der Waals surface area contributed by atoms with Gasteiger partial charge in [-0.05, 0) is 25.5 Å². The van der Waals surface area contributed by atoms with Crippen molar-refractivity contribution in [3.05, 3.63) is 33.8 Å². The van der Waals surface area contributed by atoms with Crippen LogP contribution < -0.4 is 5.73 Å². The molecule has 0 aliphatic rings. The predicted molar refractivity (Wildman–Crippen MR) is 70.2 cm³/mol. The Morgan fingerprint density at radius 3 is 2.50 bits per heavy atom. The molecule has 0 atom stereocenters. The lowest BCUT2D eigenvalue weighted by atomic mass is 10.0. The van der Waals surface area contributed by atoms with E-state index in [0.717, 1.165) is 27.1 Å². The quantitative estimate of drug-likeness (QED) is 0.872. The summed E-state index contributed by atoms with van der Waals surface area (Å²) >= 11 is 3.53. The molecule has 3 nitrogen and oxygen atoms in total. The smallest absolute Gasteiger partial charge is 0.124 e.